The Balaban J connectivity index is 1.28. The molecular formula is C36H29F9O3. The number of benzene rings is 4. The van der Waals surface area contributed by atoms with Crippen molar-refractivity contribution in [2.24, 2.45) is 5.92 Å². The Morgan fingerprint density at radius 3 is 1.85 bits per heavy atom. The molecule has 0 aromatic heterocycles. The van der Waals surface area contributed by atoms with Gasteiger partial charge in [-0.05, 0) is 53.5 Å². The summed E-state index contributed by atoms with van der Waals surface area (Å²) in [6.07, 6.45) is 0.606. The third kappa shape index (κ3) is 8.04. The van der Waals surface area contributed by atoms with E-state index in [0.717, 1.165) is 37.8 Å². The van der Waals surface area contributed by atoms with Crippen LogP contribution in [-0.2, 0) is 15.6 Å². The standard InChI is InChI=1S/C36H29F9O3/c1-2-3-4-5-21-18-46-35(47-19-21)23-9-7-22(8-10-23)24-14-29(39)33(30(40)15-24)36(44,45)48-25-16-27(37)26(28(38)17-25)11-6-20-12-31(41)34(43)32(42)13-20/h6-17,21,35H,2-5,18-19H2,1H3. The zero-order valence-corrected chi connectivity index (χ0v) is 25.5. The van der Waals surface area contributed by atoms with Gasteiger partial charge in [0.05, 0.1) is 13.2 Å². The van der Waals surface area contributed by atoms with Crippen molar-refractivity contribution in [2.75, 3.05) is 13.2 Å². The lowest BCUT2D eigenvalue weighted by Crippen LogP contribution is -2.27. The summed E-state index contributed by atoms with van der Waals surface area (Å²) in [5.74, 6) is -11.9. The zero-order valence-electron chi connectivity index (χ0n) is 25.5. The Morgan fingerprint density at radius 1 is 0.708 bits per heavy atom. The van der Waals surface area contributed by atoms with Gasteiger partial charge in [-0.15, -0.1) is 0 Å². The average Bonchev–Trinajstić information content (AvgIpc) is 3.03. The minimum Gasteiger partial charge on any atom is -0.429 e. The molecule has 0 saturated carbocycles. The molecule has 5 rings (SSSR count). The topological polar surface area (TPSA) is 27.7 Å². The van der Waals surface area contributed by atoms with E-state index in [1.54, 1.807) is 12.1 Å². The molecule has 1 aliphatic heterocycles. The van der Waals surface area contributed by atoms with Crippen LogP contribution in [0.4, 0.5) is 39.5 Å². The molecule has 0 aliphatic carbocycles. The van der Waals surface area contributed by atoms with Crippen molar-refractivity contribution in [3.8, 4) is 16.9 Å². The highest BCUT2D eigenvalue weighted by atomic mass is 19.3. The van der Waals surface area contributed by atoms with Gasteiger partial charge in [0.25, 0.3) is 0 Å². The molecule has 0 N–H and O–H groups in total. The lowest BCUT2D eigenvalue weighted by molar-refractivity contribution is -0.206. The summed E-state index contributed by atoms with van der Waals surface area (Å²) in [5, 5.41) is 0. The van der Waals surface area contributed by atoms with Crippen LogP contribution in [0.15, 0.2) is 60.7 Å². The normalized spacial score (nSPS) is 16.9. The molecule has 3 nitrogen and oxygen atoms in total. The summed E-state index contributed by atoms with van der Waals surface area (Å²) in [6, 6.07) is 9.49. The van der Waals surface area contributed by atoms with E-state index in [1.165, 1.54) is 12.1 Å². The van der Waals surface area contributed by atoms with Gasteiger partial charge in [0.15, 0.2) is 23.7 Å². The second-order valence-corrected chi connectivity index (χ2v) is 11.3. The quantitative estimate of drug-likeness (QED) is 0.0683. The van der Waals surface area contributed by atoms with Crippen LogP contribution < -0.4 is 4.74 Å². The predicted octanol–water partition coefficient (Wildman–Crippen LogP) is 10.9. The van der Waals surface area contributed by atoms with E-state index in [9.17, 15) is 22.0 Å². The molecule has 4 aromatic carbocycles. The molecule has 0 atom stereocenters. The first-order chi connectivity index (χ1) is 22.9. The summed E-state index contributed by atoms with van der Waals surface area (Å²) in [7, 11) is 0. The van der Waals surface area contributed by atoms with Gasteiger partial charge in [-0.3, -0.25) is 0 Å². The van der Waals surface area contributed by atoms with Crippen LogP contribution >= 0.6 is 0 Å². The molecule has 48 heavy (non-hydrogen) atoms. The lowest BCUT2D eigenvalue weighted by Gasteiger charge is -2.29. The molecule has 0 radical (unpaired) electrons. The zero-order chi connectivity index (χ0) is 34.6. The van der Waals surface area contributed by atoms with Gasteiger partial charge in [0, 0.05) is 29.2 Å². The van der Waals surface area contributed by atoms with Crippen LogP contribution in [0.1, 0.15) is 61.2 Å². The Kier molecular flexibility index (Phi) is 10.8. The Bertz CT molecular complexity index is 1710. The van der Waals surface area contributed by atoms with Gasteiger partial charge in [-0.2, -0.15) is 8.78 Å². The summed E-state index contributed by atoms with van der Waals surface area (Å²) < 4.78 is 145. The van der Waals surface area contributed by atoms with Crippen LogP contribution in [0, 0.1) is 46.6 Å². The largest absolute Gasteiger partial charge is 0.432 e. The fourth-order valence-electron chi connectivity index (χ4n) is 5.26. The number of hydrogen-bond acceptors (Lipinski definition) is 3. The highest BCUT2D eigenvalue weighted by Crippen LogP contribution is 2.38. The van der Waals surface area contributed by atoms with Crippen molar-refractivity contribution < 1.29 is 53.7 Å². The maximum absolute atomic E-state index is 15.0. The minimum atomic E-state index is -4.71. The van der Waals surface area contributed by atoms with E-state index < -0.39 is 70.0 Å². The van der Waals surface area contributed by atoms with E-state index in [4.69, 9.17) is 9.47 Å². The Hall–Kier alpha value is -4.29. The van der Waals surface area contributed by atoms with Crippen molar-refractivity contribution in [2.45, 2.75) is 45.0 Å². The maximum atomic E-state index is 15.0. The number of alkyl halides is 2. The average molecular weight is 681 g/mol. The van der Waals surface area contributed by atoms with Crippen LogP contribution in [-0.4, -0.2) is 13.2 Å². The van der Waals surface area contributed by atoms with Gasteiger partial charge < -0.3 is 14.2 Å². The molecule has 0 spiro atoms. The highest BCUT2D eigenvalue weighted by molar-refractivity contribution is 5.70. The smallest absolute Gasteiger partial charge is 0.429 e. The van der Waals surface area contributed by atoms with E-state index in [0.29, 0.717) is 66.7 Å². The second kappa shape index (κ2) is 14.9. The Morgan fingerprint density at radius 2 is 1.29 bits per heavy atom. The molecule has 0 amide bonds. The fourth-order valence-corrected chi connectivity index (χ4v) is 5.26. The first kappa shape index (κ1) is 35.0. The van der Waals surface area contributed by atoms with E-state index in [-0.39, 0.29) is 11.1 Å². The summed E-state index contributed by atoms with van der Waals surface area (Å²) in [6.45, 7) is 3.20. The minimum absolute atomic E-state index is 0.0632. The van der Waals surface area contributed by atoms with Crippen LogP contribution in [0.25, 0.3) is 23.3 Å². The van der Waals surface area contributed by atoms with Crippen molar-refractivity contribution in [3.63, 3.8) is 0 Å². The predicted molar refractivity (Wildman–Crippen MR) is 160 cm³/mol. The van der Waals surface area contributed by atoms with E-state index in [1.807, 2.05) is 0 Å². The van der Waals surface area contributed by atoms with E-state index in [2.05, 4.69) is 11.7 Å². The van der Waals surface area contributed by atoms with Crippen molar-refractivity contribution >= 4 is 12.2 Å². The number of unbranched alkanes of at least 4 members (excludes halogenated alkanes) is 2. The van der Waals surface area contributed by atoms with Gasteiger partial charge >= 0.3 is 6.11 Å². The van der Waals surface area contributed by atoms with Gasteiger partial charge in [0.2, 0.25) is 0 Å². The number of hydrogen-bond donors (Lipinski definition) is 0. The Labute approximate surface area is 270 Å². The van der Waals surface area contributed by atoms with Crippen molar-refractivity contribution in [3.05, 3.63) is 124 Å². The summed E-state index contributed by atoms with van der Waals surface area (Å²) in [5.41, 5.74) is -1.99. The molecule has 0 unspecified atom stereocenters. The van der Waals surface area contributed by atoms with Crippen LogP contribution in [0.2, 0.25) is 0 Å². The number of halogens is 9. The molecule has 0 bridgehead atoms. The first-order valence-electron chi connectivity index (χ1n) is 15.1. The molecule has 1 heterocycles. The number of rotatable bonds is 11. The molecule has 1 saturated heterocycles. The first-order valence-corrected chi connectivity index (χ1v) is 15.1. The summed E-state index contributed by atoms with van der Waals surface area (Å²) >= 11 is 0. The van der Waals surface area contributed by atoms with Gasteiger partial charge in [-0.25, -0.2) is 30.7 Å². The monoisotopic (exact) mass is 680 g/mol. The third-order valence-corrected chi connectivity index (χ3v) is 7.78. The SMILES string of the molecule is CCCCCC1COC(c2ccc(-c3cc(F)c(C(F)(F)Oc4cc(F)c(C=Cc5cc(F)c(F)c(F)c5)c(F)c4)c(F)c3)cc2)OC1. The highest BCUT2D eigenvalue weighted by Gasteiger charge is 2.41. The lowest BCUT2D eigenvalue weighted by atomic mass is 10.00. The van der Waals surface area contributed by atoms with Crippen molar-refractivity contribution in [1.82, 2.24) is 0 Å². The van der Waals surface area contributed by atoms with E-state index >= 15 is 17.6 Å². The molecule has 1 aliphatic rings. The third-order valence-electron chi connectivity index (χ3n) is 7.78. The van der Waals surface area contributed by atoms with Gasteiger partial charge in [0.1, 0.15) is 34.6 Å². The fraction of sp³-hybridized carbons (Fsp3) is 0.278. The maximum Gasteiger partial charge on any atom is 0.432 e. The second-order valence-electron chi connectivity index (χ2n) is 11.3. The van der Waals surface area contributed by atoms with Crippen LogP contribution in [0.3, 0.4) is 0 Å². The molecule has 4 aromatic rings. The van der Waals surface area contributed by atoms with Crippen LogP contribution in [0.5, 0.6) is 5.75 Å². The van der Waals surface area contributed by atoms with Gasteiger partial charge in [-0.1, -0.05) is 56.5 Å². The summed E-state index contributed by atoms with van der Waals surface area (Å²) in [4.78, 5) is 0. The number of ether oxygens (including phenoxy) is 3. The molecule has 1 fully saturated rings. The molecule has 12 heteroatoms. The molecule has 254 valence electrons. The molecular weight excluding hydrogens is 651 g/mol. The van der Waals surface area contributed by atoms with Crippen molar-refractivity contribution in [1.29, 1.82) is 0 Å².